The van der Waals surface area contributed by atoms with Gasteiger partial charge in [-0.2, -0.15) is 9.97 Å². The van der Waals surface area contributed by atoms with Gasteiger partial charge in [0.25, 0.3) is 5.92 Å². The number of benzene rings is 2. The molecular weight excluding hydrogens is 574 g/mol. The maximum atomic E-state index is 16.8. The Morgan fingerprint density at radius 1 is 1.11 bits per heavy atom. The SMILES string of the molecule is C#Cc1c(F)ccc2cc(O)cc(-c3nc4c5c(nc(OCC6(CN(C)C)CC6(F)F)nc5c3F)N3CCCCC3CC4)c12. The second kappa shape index (κ2) is 10.2. The first-order chi connectivity index (χ1) is 21.0. The average molecular weight is 606 g/mol. The number of fused-ring (bicyclic) bond motifs is 3. The fourth-order valence-electron chi connectivity index (χ4n) is 7.04. The Morgan fingerprint density at radius 2 is 1.91 bits per heavy atom. The fourth-order valence-corrected chi connectivity index (χ4v) is 7.04. The number of hydrogen-bond acceptors (Lipinski definition) is 7. The summed E-state index contributed by atoms with van der Waals surface area (Å²) in [6.45, 7) is 0.477. The highest BCUT2D eigenvalue weighted by Crippen LogP contribution is 2.60. The molecule has 2 fully saturated rings. The van der Waals surface area contributed by atoms with Gasteiger partial charge in [-0.25, -0.2) is 22.5 Å². The molecule has 1 saturated heterocycles. The van der Waals surface area contributed by atoms with Crippen LogP contribution in [0, 0.1) is 29.4 Å². The molecule has 11 heteroatoms. The molecule has 1 aliphatic carbocycles. The van der Waals surface area contributed by atoms with Crippen molar-refractivity contribution in [3.63, 3.8) is 0 Å². The van der Waals surface area contributed by atoms with Gasteiger partial charge in [-0.05, 0) is 69.8 Å². The van der Waals surface area contributed by atoms with Gasteiger partial charge in [0, 0.05) is 36.5 Å². The topological polar surface area (TPSA) is 74.6 Å². The number of aryl methyl sites for hydroxylation is 1. The molecule has 44 heavy (non-hydrogen) atoms. The number of piperidine rings is 1. The van der Waals surface area contributed by atoms with Crippen molar-refractivity contribution >= 4 is 27.5 Å². The lowest BCUT2D eigenvalue weighted by Gasteiger charge is -2.36. The van der Waals surface area contributed by atoms with Crippen LogP contribution in [0.25, 0.3) is 32.9 Å². The van der Waals surface area contributed by atoms with Crippen molar-refractivity contribution in [3.05, 3.63) is 47.2 Å². The molecule has 3 aliphatic rings. The van der Waals surface area contributed by atoms with Crippen molar-refractivity contribution in [1.82, 2.24) is 19.9 Å². The standard InChI is InChI=1S/C33H31F4N5O2/c1-4-21-23(34)10-8-18-13-20(43)14-22(25(18)21)28-27(35)29-26-24(38-28)11-9-19-7-5-6-12-42(19)30(26)40-31(39-29)44-17-32(16-41(2)3)15-33(32,36)37/h1,8,10,13-14,19,43H,5-7,9,11-12,15-17H2,2-3H3. The predicted octanol–water partition coefficient (Wildman–Crippen LogP) is 6.08. The van der Waals surface area contributed by atoms with Gasteiger partial charge in [0.1, 0.15) is 35.2 Å². The molecular formula is C33H31F4N5O2. The van der Waals surface area contributed by atoms with Gasteiger partial charge in [0.15, 0.2) is 5.82 Å². The summed E-state index contributed by atoms with van der Waals surface area (Å²) < 4.78 is 66.6. The van der Waals surface area contributed by atoms with Crippen LogP contribution in [0.1, 0.15) is 43.4 Å². The molecule has 1 N–H and O–H groups in total. The molecule has 4 heterocycles. The Balaban J connectivity index is 1.44. The summed E-state index contributed by atoms with van der Waals surface area (Å²) in [7, 11) is 3.45. The molecule has 7 nitrogen and oxygen atoms in total. The lowest BCUT2D eigenvalue weighted by atomic mass is 9.95. The zero-order valence-electron chi connectivity index (χ0n) is 24.4. The van der Waals surface area contributed by atoms with E-state index in [4.69, 9.17) is 21.1 Å². The van der Waals surface area contributed by atoms with Crippen molar-refractivity contribution in [1.29, 1.82) is 0 Å². The highest BCUT2D eigenvalue weighted by atomic mass is 19.3. The van der Waals surface area contributed by atoms with E-state index >= 15 is 4.39 Å². The minimum atomic E-state index is -2.90. The van der Waals surface area contributed by atoms with Crippen LogP contribution in [0.2, 0.25) is 0 Å². The molecule has 2 unspecified atom stereocenters. The number of ether oxygens (including phenoxy) is 1. The Bertz CT molecular complexity index is 1870. The predicted molar refractivity (Wildman–Crippen MR) is 159 cm³/mol. The Hall–Kier alpha value is -4.17. The van der Waals surface area contributed by atoms with Gasteiger partial charge >= 0.3 is 6.01 Å². The second-order valence-electron chi connectivity index (χ2n) is 12.5. The van der Waals surface area contributed by atoms with Crippen molar-refractivity contribution in [2.75, 3.05) is 38.7 Å². The third kappa shape index (κ3) is 4.50. The largest absolute Gasteiger partial charge is 0.508 e. The quantitative estimate of drug-likeness (QED) is 0.211. The molecule has 2 aromatic carbocycles. The van der Waals surface area contributed by atoms with Gasteiger partial charge in [0.2, 0.25) is 0 Å². The van der Waals surface area contributed by atoms with E-state index in [2.05, 4.69) is 15.8 Å². The molecule has 7 rings (SSSR count). The van der Waals surface area contributed by atoms with E-state index in [1.165, 1.54) is 24.3 Å². The molecule has 4 aromatic rings. The number of anilines is 1. The number of pyridine rings is 1. The lowest BCUT2D eigenvalue weighted by molar-refractivity contribution is 0.0288. The molecule has 228 valence electrons. The van der Waals surface area contributed by atoms with E-state index < -0.39 is 23.0 Å². The number of terminal acetylenes is 1. The number of phenols is 1. The summed E-state index contributed by atoms with van der Waals surface area (Å²) in [5.41, 5.74) is -1.01. The van der Waals surface area contributed by atoms with Gasteiger partial charge in [-0.3, -0.25) is 0 Å². The van der Waals surface area contributed by atoms with Gasteiger partial charge in [-0.15, -0.1) is 6.42 Å². The summed E-state index contributed by atoms with van der Waals surface area (Å²) in [6.07, 6.45) is 9.49. The number of phenolic OH excluding ortho intramolecular Hbond substituents is 1. The zero-order valence-corrected chi connectivity index (χ0v) is 24.4. The van der Waals surface area contributed by atoms with E-state index in [1.54, 1.807) is 19.0 Å². The lowest BCUT2D eigenvalue weighted by Crippen LogP contribution is -2.39. The number of aromatic nitrogens is 3. The highest BCUT2D eigenvalue weighted by molar-refractivity contribution is 6.03. The summed E-state index contributed by atoms with van der Waals surface area (Å²) in [5.74, 6) is -1.72. The Kier molecular flexibility index (Phi) is 6.62. The van der Waals surface area contributed by atoms with Crippen LogP contribution < -0.4 is 9.64 Å². The van der Waals surface area contributed by atoms with Gasteiger partial charge < -0.3 is 19.6 Å². The van der Waals surface area contributed by atoms with Crippen molar-refractivity contribution < 1.29 is 27.4 Å². The summed E-state index contributed by atoms with van der Waals surface area (Å²) >= 11 is 0. The molecule has 2 atom stereocenters. The maximum absolute atomic E-state index is 16.8. The Morgan fingerprint density at radius 3 is 2.64 bits per heavy atom. The fraction of sp³-hybridized carbons (Fsp3) is 0.424. The first kappa shape index (κ1) is 28.6. The van der Waals surface area contributed by atoms with E-state index in [1.807, 2.05) is 0 Å². The third-order valence-electron chi connectivity index (χ3n) is 9.19. The molecule has 0 radical (unpaired) electrons. The third-order valence-corrected chi connectivity index (χ3v) is 9.19. The second-order valence-corrected chi connectivity index (χ2v) is 12.5. The number of hydrogen-bond donors (Lipinski definition) is 1. The monoisotopic (exact) mass is 605 g/mol. The van der Waals surface area contributed by atoms with Crippen LogP contribution >= 0.6 is 0 Å². The maximum Gasteiger partial charge on any atom is 0.319 e. The molecule has 1 saturated carbocycles. The van der Waals surface area contributed by atoms with E-state index in [0.717, 1.165) is 25.7 Å². The number of halogens is 4. The smallest absolute Gasteiger partial charge is 0.319 e. The minimum absolute atomic E-state index is 0.0735. The van der Waals surface area contributed by atoms with Crippen LogP contribution in [-0.4, -0.2) is 70.7 Å². The van der Waals surface area contributed by atoms with Crippen molar-refractivity contribution in [2.24, 2.45) is 5.41 Å². The van der Waals surface area contributed by atoms with Gasteiger partial charge in [0.05, 0.1) is 22.1 Å². The van der Waals surface area contributed by atoms with Crippen molar-refractivity contribution in [2.45, 2.75) is 50.5 Å². The van der Waals surface area contributed by atoms with E-state index in [-0.39, 0.29) is 65.1 Å². The normalized spacial score (nSPS) is 22.1. The molecule has 0 bridgehead atoms. The van der Waals surface area contributed by atoms with Crippen LogP contribution in [0.3, 0.4) is 0 Å². The van der Waals surface area contributed by atoms with Crippen LogP contribution in [-0.2, 0) is 6.42 Å². The summed E-state index contributed by atoms with van der Waals surface area (Å²) in [4.78, 5) is 17.7. The molecule has 0 spiro atoms. The number of alkyl halides is 2. The van der Waals surface area contributed by atoms with Crippen LogP contribution in [0.4, 0.5) is 23.4 Å². The summed E-state index contributed by atoms with van der Waals surface area (Å²) in [6, 6.07) is 5.33. The molecule has 0 amide bonds. The summed E-state index contributed by atoms with van der Waals surface area (Å²) in [5, 5.41) is 11.7. The Labute approximate surface area is 251 Å². The van der Waals surface area contributed by atoms with E-state index in [9.17, 15) is 18.3 Å². The van der Waals surface area contributed by atoms with Crippen molar-refractivity contribution in [3.8, 4) is 35.4 Å². The minimum Gasteiger partial charge on any atom is -0.508 e. The van der Waals surface area contributed by atoms with Crippen LogP contribution in [0.5, 0.6) is 11.8 Å². The number of nitrogens with zero attached hydrogens (tertiary/aromatic N) is 5. The first-order valence-electron chi connectivity index (χ1n) is 14.8. The van der Waals surface area contributed by atoms with Gasteiger partial charge in [-0.1, -0.05) is 12.0 Å². The van der Waals surface area contributed by atoms with Crippen LogP contribution in [0.15, 0.2) is 24.3 Å². The molecule has 2 aromatic heterocycles. The molecule has 2 aliphatic heterocycles. The zero-order chi connectivity index (χ0) is 31.0. The average Bonchev–Trinajstić information content (AvgIpc) is 3.58. The first-order valence-corrected chi connectivity index (χ1v) is 14.8. The highest BCUT2D eigenvalue weighted by Gasteiger charge is 2.71. The number of rotatable bonds is 6. The van der Waals surface area contributed by atoms with E-state index in [0.29, 0.717) is 35.2 Å². The number of aromatic hydroxyl groups is 1.